The van der Waals surface area contributed by atoms with Crippen LogP contribution < -0.4 is 5.32 Å². The molecule has 1 heterocycles. The molecule has 1 aliphatic rings. The van der Waals surface area contributed by atoms with Crippen LogP contribution in [0.1, 0.15) is 39.2 Å². The Labute approximate surface area is 144 Å². The predicted molar refractivity (Wildman–Crippen MR) is 98.4 cm³/mol. The first kappa shape index (κ1) is 18.0. The Morgan fingerprint density at radius 2 is 1.91 bits per heavy atom. The Bertz CT molecular complexity index is 677. The van der Waals surface area contributed by atoms with Crippen molar-refractivity contribution in [1.29, 1.82) is 0 Å². The minimum Gasteiger partial charge on any atom is -0.478 e. The molecule has 1 atom stereocenters. The highest BCUT2D eigenvalue weighted by atomic mass is 35.5. The summed E-state index contributed by atoms with van der Waals surface area (Å²) < 4.78 is 0. The number of benzene rings is 1. The number of carboxylic acid groups (broad SMARTS) is 1. The quantitative estimate of drug-likeness (QED) is 0.722. The number of hydrogen-bond donors (Lipinski definition) is 2. The van der Waals surface area contributed by atoms with Crippen molar-refractivity contribution < 1.29 is 9.90 Å². The lowest BCUT2D eigenvalue weighted by Crippen LogP contribution is -2.28. The largest absolute Gasteiger partial charge is 0.478 e. The highest BCUT2D eigenvalue weighted by Crippen LogP contribution is 2.56. The van der Waals surface area contributed by atoms with Gasteiger partial charge in [-0.3, -0.25) is 0 Å². The van der Waals surface area contributed by atoms with Gasteiger partial charge in [0.25, 0.3) is 0 Å². The summed E-state index contributed by atoms with van der Waals surface area (Å²) in [6.07, 6.45) is 2.09. The van der Waals surface area contributed by atoms with Gasteiger partial charge in [-0.25, -0.2) is 4.79 Å². The molecule has 0 aromatic heterocycles. The number of allylic oxidation sites excluding steroid dienone is 3. The van der Waals surface area contributed by atoms with E-state index in [9.17, 15) is 9.90 Å². The van der Waals surface area contributed by atoms with Crippen LogP contribution in [0.2, 0.25) is 5.02 Å². The van der Waals surface area contributed by atoms with E-state index in [-0.39, 0.29) is 13.8 Å². The first-order chi connectivity index (χ1) is 10.9. The van der Waals surface area contributed by atoms with Gasteiger partial charge in [-0.05, 0) is 49.2 Å². The zero-order valence-corrected chi connectivity index (χ0v) is 15.6. The lowest BCUT2D eigenvalue weighted by Gasteiger charge is -2.35. The van der Waals surface area contributed by atoms with Crippen LogP contribution >= 0.6 is 19.5 Å². The molecule has 0 spiro atoms. The second-order valence-electron chi connectivity index (χ2n) is 5.64. The van der Waals surface area contributed by atoms with Gasteiger partial charge in [0, 0.05) is 22.3 Å². The second kappa shape index (κ2) is 7.51. The first-order valence-corrected chi connectivity index (χ1v) is 9.91. The third-order valence-electron chi connectivity index (χ3n) is 4.24. The zero-order chi connectivity index (χ0) is 17.1. The van der Waals surface area contributed by atoms with Crippen LogP contribution in [-0.4, -0.2) is 23.4 Å². The molecule has 5 heteroatoms. The molecule has 2 N–H and O–H groups in total. The Balaban J connectivity index is 2.68. The van der Waals surface area contributed by atoms with E-state index in [0.717, 1.165) is 23.6 Å². The summed E-state index contributed by atoms with van der Waals surface area (Å²) in [6, 6.07) is 7.58. The molecule has 1 aromatic rings. The van der Waals surface area contributed by atoms with E-state index in [1.807, 2.05) is 31.2 Å². The highest BCUT2D eigenvalue weighted by molar-refractivity contribution is 7.62. The van der Waals surface area contributed by atoms with Crippen LogP contribution in [0.5, 0.6) is 0 Å². The molecule has 1 aliphatic heterocycles. The van der Waals surface area contributed by atoms with Crippen LogP contribution in [0.3, 0.4) is 0 Å². The average molecular weight is 352 g/mol. The summed E-state index contributed by atoms with van der Waals surface area (Å²) in [7, 11) is -0.380. The molecule has 0 fully saturated rings. The van der Waals surface area contributed by atoms with Gasteiger partial charge in [0.15, 0.2) is 0 Å². The topological polar surface area (TPSA) is 49.3 Å². The molecule has 0 saturated carbocycles. The summed E-state index contributed by atoms with van der Waals surface area (Å²) in [5.74, 6) is -1.09. The summed E-state index contributed by atoms with van der Waals surface area (Å²) in [4.78, 5) is 11.9. The standard InChI is InChI=1S/C18H23ClNO2P/c1-5-23(6-2)17-12(4)20-11(3)15(18(21)22)16(17)13-8-7-9-14(19)10-13/h7-10,16,20H,5-6H2,1-4H3,(H,21,22). The minimum atomic E-state index is -0.868. The number of nitrogens with one attached hydrogen (secondary N) is 1. The molecule has 2 rings (SSSR count). The Morgan fingerprint density at radius 1 is 1.26 bits per heavy atom. The molecule has 0 amide bonds. The summed E-state index contributed by atoms with van der Waals surface area (Å²) in [6.45, 7) is 8.24. The van der Waals surface area contributed by atoms with Gasteiger partial charge in [-0.1, -0.05) is 45.5 Å². The fraction of sp³-hybridized carbons (Fsp3) is 0.389. The molecule has 124 valence electrons. The maximum Gasteiger partial charge on any atom is 0.334 e. The van der Waals surface area contributed by atoms with Crippen LogP contribution in [0.4, 0.5) is 0 Å². The molecule has 0 bridgehead atoms. The number of rotatable bonds is 5. The normalized spacial score (nSPS) is 18.4. The Morgan fingerprint density at radius 3 is 2.43 bits per heavy atom. The summed E-state index contributed by atoms with van der Waals surface area (Å²) in [5.41, 5.74) is 3.19. The summed E-state index contributed by atoms with van der Waals surface area (Å²) in [5, 5.41) is 14.9. The summed E-state index contributed by atoms with van der Waals surface area (Å²) >= 11 is 6.17. The van der Waals surface area contributed by atoms with E-state index >= 15 is 0 Å². The number of aliphatic carboxylic acids is 1. The molecular formula is C18H23ClNO2P. The van der Waals surface area contributed by atoms with Crippen molar-refractivity contribution in [2.75, 3.05) is 12.3 Å². The van der Waals surface area contributed by atoms with Gasteiger partial charge >= 0.3 is 5.97 Å². The molecular weight excluding hydrogens is 329 g/mol. The van der Waals surface area contributed by atoms with E-state index in [0.29, 0.717) is 16.3 Å². The maximum absolute atomic E-state index is 11.9. The highest BCUT2D eigenvalue weighted by Gasteiger charge is 2.35. The molecule has 0 saturated heterocycles. The van der Waals surface area contributed by atoms with E-state index in [1.165, 1.54) is 5.31 Å². The Hall–Kier alpha value is -1.31. The number of halogens is 1. The SMILES string of the molecule is CCP(CC)C1=C(C)NC(C)=C(C(=O)O)C1c1cccc(Cl)c1. The van der Waals surface area contributed by atoms with E-state index in [4.69, 9.17) is 11.6 Å². The molecule has 0 aliphatic carbocycles. The van der Waals surface area contributed by atoms with E-state index in [2.05, 4.69) is 26.1 Å². The predicted octanol–water partition coefficient (Wildman–Crippen LogP) is 5.14. The monoisotopic (exact) mass is 351 g/mol. The lowest BCUT2D eigenvalue weighted by atomic mass is 9.86. The van der Waals surface area contributed by atoms with Gasteiger partial charge < -0.3 is 10.4 Å². The molecule has 1 unspecified atom stereocenters. The molecule has 0 radical (unpaired) electrons. The van der Waals surface area contributed by atoms with Gasteiger partial charge in [-0.15, -0.1) is 0 Å². The van der Waals surface area contributed by atoms with Crippen LogP contribution in [0.25, 0.3) is 0 Å². The van der Waals surface area contributed by atoms with Gasteiger partial charge in [0.05, 0.1) is 5.57 Å². The van der Waals surface area contributed by atoms with Crippen LogP contribution in [-0.2, 0) is 4.79 Å². The number of hydrogen-bond acceptors (Lipinski definition) is 2. The average Bonchev–Trinajstić information content (AvgIpc) is 2.49. The lowest BCUT2D eigenvalue weighted by molar-refractivity contribution is -0.133. The van der Waals surface area contributed by atoms with Gasteiger partial charge in [-0.2, -0.15) is 0 Å². The molecule has 23 heavy (non-hydrogen) atoms. The van der Waals surface area contributed by atoms with Crippen molar-refractivity contribution in [3.8, 4) is 0 Å². The third kappa shape index (κ3) is 3.62. The van der Waals surface area contributed by atoms with Crippen molar-refractivity contribution >= 4 is 25.5 Å². The van der Waals surface area contributed by atoms with E-state index < -0.39 is 5.97 Å². The fourth-order valence-corrected chi connectivity index (χ4v) is 5.76. The van der Waals surface area contributed by atoms with E-state index in [1.54, 1.807) is 0 Å². The Kier molecular flexibility index (Phi) is 5.89. The van der Waals surface area contributed by atoms with Crippen LogP contribution in [0.15, 0.2) is 46.5 Å². The zero-order valence-electron chi connectivity index (χ0n) is 14.0. The number of carboxylic acids is 1. The minimum absolute atomic E-state index is 0.224. The van der Waals surface area contributed by atoms with Crippen molar-refractivity contribution in [2.45, 2.75) is 33.6 Å². The van der Waals surface area contributed by atoms with Crippen molar-refractivity contribution in [1.82, 2.24) is 5.32 Å². The van der Waals surface area contributed by atoms with Gasteiger partial charge in [0.1, 0.15) is 0 Å². The van der Waals surface area contributed by atoms with Crippen molar-refractivity contribution in [3.63, 3.8) is 0 Å². The fourth-order valence-electron chi connectivity index (χ4n) is 3.26. The second-order valence-corrected chi connectivity index (χ2v) is 8.90. The first-order valence-electron chi connectivity index (χ1n) is 7.82. The third-order valence-corrected chi connectivity index (χ3v) is 7.28. The number of carbonyl (C=O) groups is 1. The maximum atomic E-state index is 11.9. The molecule has 3 nitrogen and oxygen atoms in total. The molecule has 1 aromatic carbocycles. The van der Waals surface area contributed by atoms with Crippen LogP contribution in [0, 0.1) is 0 Å². The van der Waals surface area contributed by atoms with Crippen molar-refractivity contribution in [3.05, 3.63) is 57.1 Å². The number of dihydropyridines is 1. The smallest absolute Gasteiger partial charge is 0.334 e. The van der Waals surface area contributed by atoms with Crippen molar-refractivity contribution in [2.24, 2.45) is 0 Å². The van der Waals surface area contributed by atoms with Gasteiger partial charge in [0.2, 0.25) is 0 Å².